The Balaban J connectivity index is 1.65. The summed E-state index contributed by atoms with van der Waals surface area (Å²) in [6.07, 6.45) is 0. The van der Waals surface area contributed by atoms with E-state index in [1.54, 1.807) is 56.5 Å². The van der Waals surface area contributed by atoms with Crippen LogP contribution < -0.4 is 20.9 Å². The lowest BCUT2D eigenvalue weighted by Crippen LogP contribution is -2.48. The number of esters is 1. The molecule has 35 heavy (non-hydrogen) atoms. The van der Waals surface area contributed by atoms with Crippen LogP contribution in [-0.2, 0) is 16.1 Å². The van der Waals surface area contributed by atoms with E-state index in [0.29, 0.717) is 39.3 Å². The van der Waals surface area contributed by atoms with Crippen LogP contribution in [0, 0.1) is 0 Å². The zero-order valence-electron chi connectivity index (χ0n) is 19.8. The van der Waals surface area contributed by atoms with Crippen LogP contribution in [0.25, 0.3) is 10.9 Å². The first-order valence-corrected chi connectivity index (χ1v) is 11.2. The van der Waals surface area contributed by atoms with Gasteiger partial charge in [0.1, 0.15) is 11.6 Å². The minimum absolute atomic E-state index is 0.191. The third-order valence-electron chi connectivity index (χ3n) is 5.61. The van der Waals surface area contributed by atoms with Crippen molar-refractivity contribution in [3.63, 3.8) is 0 Å². The molecule has 0 radical (unpaired) electrons. The third kappa shape index (κ3) is 5.33. The van der Waals surface area contributed by atoms with Crippen LogP contribution in [0.4, 0.5) is 4.79 Å². The van der Waals surface area contributed by atoms with Gasteiger partial charge in [0.05, 0.1) is 42.8 Å². The largest absolute Gasteiger partial charge is 0.497 e. The molecule has 2 amide bonds. The number of fused-ring (bicyclic) bond motifs is 1. The van der Waals surface area contributed by atoms with E-state index >= 15 is 0 Å². The molecule has 3 N–H and O–H groups in total. The number of nitrogens with zero attached hydrogens (tertiary/aromatic N) is 2. The highest BCUT2D eigenvalue weighted by molar-refractivity contribution is 5.95. The Morgan fingerprint density at radius 2 is 1.83 bits per heavy atom. The van der Waals surface area contributed by atoms with Crippen molar-refractivity contribution in [2.24, 2.45) is 0 Å². The number of urea groups is 1. The quantitative estimate of drug-likeness (QED) is 0.425. The minimum atomic E-state index is -0.698. The van der Waals surface area contributed by atoms with Crippen LogP contribution in [0.3, 0.4) is 0 Å². The Bertz CT molecular complexity index is 1330. The lowest BCUT2D eigenvalue weighted by molar-refractivity contribution is -0.139. The van der Waals surface area contributed by atoms with E-state index in [4.69, 9.17) is 9.47 Å². The molecule has 0 bridgehead atoms. The van der Waals surface area contributed by atoms with Gasteiger partial charge in [0, 0.05) is 12.2 Å². The standard InChI is InChI=1S/C25H27N5O5/c1-4-35-24(32)21-19(27-25(33)29-22(21)15-9-11-16(34-3)12-10-15)13-30(2)14-20-26-18-8-6-5-7-17(18)23(31)28-20/h5-12,22H,4,13-14H2,1-3H3,(H,26,28,31)(H2,27,29,33). The summed E-state index contributed by atoms with van der Waals surface area (Å²) in [7, 11) is 3.37. The zero-order chi connectivity index (χ0) is 24.9. The average molecular weight is 478 g/mol. The van der Waals surface area contributed by atoms with Gasteiger partial charge in [0.15, 0.2) is 0 Å². The first kappa shape index (κ1) is 24.0. The van der Waals surface area contributed by atoms with Crippen molar-refractivity contribution in [1.82, 2.24) is 25.5 Å². The summed E-state index contributed by atoms with van der Waals surface area (Å²) >= 11 is 0. The number of nitrogens with one attached hydrogen (secondary N) is 3. The van der Waals surface area contributed by atoms with Crippen molar-refractivity contribution in [2.75, 3.05) is 27.3 Å². The van der Waals surface area contributed by atoms with Gasteiger partial charge in [0.2, 0.25) is 0 Å². The van der Waals surface area contributed by atoms with Crippen LogP contribution in [-0.4, -0.2) is 54.2 Å². The number of methoxy groups -OCH3 is 1. The summed E-state index contributed by atoms with van der Waals surface area (Å²) in [6, 6.07) is 13.1. The molecule has 1 aliphatic rings. The van der Waals surface area contributed by atoms with Crippen LogP contribution in [0.15, 0.2) is 64.6 Å². The molecule has 1 aliphatic heterocycles. The predicted molar refractivity (Wildman–Crippen MR) is 130 cm³/mol. The average Bonchev–Trinajstić information content (AvgIpc) is 2.84. The summed E-state index contributed by atoms with van der Waals surface area (Å²) in [5.41, 5.74) is 1.81. The van der Waals surface area contributed by atoms with Crippen molar-refractivity contribution < 1.29 is 19.1 Å². The maximum absolute atomic E-state index is 13.0. The molecule has 10 nitrogen and oxygen atoms in total. The Labute approximate surface area is 201 Å². The van der Waals surface area contributed by atoms with Gasteiger partial charge in [-0.2, -0.15) is 0 Å². The number of hydrogen-bond acceptors (Lipinski definition) is 7. The summed E-state index contributed by atoms with van der Waals surface area (Å²) in [6.45, 7) is 2.42. The number of amides is 2. The number of rotatable bonds is 8. The predicted octanol–water partition coefficient (Wildman–Crippen LogP) is 2.23. The number of H-pyrrole nitrogens is 1. The number of carbonyl (C=O) groups is 2. The van der Waals surface area contributed by atoms with E-state index in [1.165, 1.54) is 0 Å². The zero-order valence-corrected chi connectivity index (χ0v) is 19.8. The van der Waals surface area contributed by atoms with Crippen molar-refractivity contribution >= 4 is 22.9 Å². The van der Waals surface area contributed by atoms with Gasteiger partial charge in [-0.05, 0) is 43.8 Å². The van der Waals surface area contributed by atoms with E-state index < -0.39 is 18.0 Å². The SMILES string of the molecule is CCOC(=O)C1=C(CN(C)Cc2nc3ccccc3c(=O)[nH]2)NC(=O)NC1c1ccc(OC)cc1. The summed E-state index contributed by atoms with van der Waals surface area (Å²) in [4.78, 5) is 47.1. The van der Waals surface area contributed by atoms with E-state index in [2.05, 4.69) is 20.6 Å². The van der Waals surface area contributed by atoms with Crippen molar-refractivity contribution in [2.45, 2.75) is 19.5 Å². The summed E-state index contributed by atoms with van der Waals surface area (Å²) in [5.74, 6) is 0.607. The molecule has 1 unspecified atom stereocenters. The van der Waals surface area contributed by atoms with Gasteiger partial charge in [-0.15, -0.1) is 0 Å². The number of carbonyl (C=O) groups excluding carboxylic acids is 2. The number of benzene rings is 2. The summed E-state index contributed by atoms with van der Waals surface area (Å²) < 4.78 is 10.5. The monoisotopic (exact) mass is 477 g/mol. The number of aromatic amines is 1. The Hall–Kier alpha value is -4.18. The number of hydrogen-bond donors (Lipinski definition) is 3. The van der Waals surface area contributed by atoms with Crippen LogP contribution in [0.5, 0.6) is 5.75 Å². The molecular weight excluding hydrogens is 450 g/mol. The number of para-hydroxylation sites is 1. The molecule has 3 aromatic rings. The molecule has 182 valence electrons. The normalized spacial score (nSPS) is 15.7. The molecule has 0 spiro atoms. The van der Waals surface area contributed by atoms with Crippen molar-refractivity contribution in [3.8, 4) is 5.75 Å². The first-order chi connectivity index (χ1) is 16.9. The first-order valence-electron chi connectivity index (χ1n) is 11.2. The number of ether oxygens (including phenoxy) is 2. The smallest absolute Gasteiger partial charge is 0.338 e. The lowest BCUT2D eigenvalue weighted by Gasteiger charge is -2.31. The highest BCUT2D eigenvalue weighted by Crippen LogP contribution is 2.29. The second kappa shape index (κ2) is 10.4. The highest BCUT2D eigenvalue weighted by atomic mass is 16.5. The minimum Gasteiger partial charge on any atom is -0.497 e. The van der Waals surface area contributed by atoms with Gasteiger partial charge in [-0.25, -0.2) is 14.6 Å². The molecule has 1 aromatic heterocycles. The molecule has 0 aliphatic carbocycles. The van der Waals surface area contributed by atoms with Crippen LogP contribution >= 0.6 is 0 Å². The van der Waals surface area contributed by atoms with Gasteiger partial charge in [-0.3, -0.25) is 9.69 Å². The molecule has 4 rings (SSSR count). The molecule has 0 saturated carbocycles. The van der Waals surface area contributed by atoms with E-state index in [9.17, 15) is 14.4 Å². The Kier molecular flexibility index (Phi) is 7.11. The summed E-state index contributed by atoms with van der Waals surface area (Å²) in [5, 5.41) is 6.08. The van der Waals surface area contributed by atoms with Crippen molar-refractivity contribution in [3.05, 3.63) is 81.5 Å². The van der Waals surface area contributed by atoms with Gasteiger partial charge in [0.25, 0.3) is 5.56 Å². The molecule has 2 heterocycles. The fraction of sp³-hybridized carbons (Fsp3) is 0.280. The Morgan fingerprint density at radius 3 is 2.54 bits per heavy atom. The molecule has 0 fully saturated rings. The van der Waals surface area contributed by atoms with Crippen LogP contribution in [0.1, 0.15) is 24.4 Å². The topological polar surface area (TPSA) is 126 Å². The van der Waals surface area contributed by atoms with E-state index in [-0.39, 0.29) is 25.3 Å². The number of aromatic nitrogens is 2. The lowest BCUT2D eigenvalue weighted by atomic mass is 9.95. The Morgan fingerprint density at radius 1 is 1.09 bits per heavy atom. The van der Waals surface area contributed by atoms with Crippen molar-refractivity contribution in [1.29, 1.82) is 0 Å². The molecule has 1 atom stereocenters. The molecular formula is C25H27N5O5. The second-order valence-corrected chi connectivity index (χ2v) is 8.12. The van der Waals surface area contributed by atoms with E-state index in [1.807, 2.05) is 18.0 Å². The van der Waals surface area contributed by atoms with Gasteiger partial charge in [-0.1, -0.05) is 24.3 Å². The maximum Gasteiger partial charge on any atom is 0.338 e. The molecule has 0 saturated heterocycles. The van der Waals surface area contributed by atoms with Crippen LogP contribution in [0.2, 0.25) is 0 Å². The maximum atomic E-state index is 13.0. The highest BCUT2D eigenvalue weighted by Gasteiger charge is 2.34. The molecule has 2 aromatic carbocycles. The number of likely N-dealkylation sites (N-methyl/N-ethyl adjacent to an activating group) is 1. The third-order valence-corrected chi connectivity index (χ3v) is 5.61. The van der Waals surface area contributed by atoms with E-state index in [0.717, 1.165) is 0 Å². The fourth-order valence-corrected chi connectivity index (χ4v) is 4.03. The second-order valence-electron chi connectivity index (χ2n) is 8.12. The fourth-order valence-electron chi connectivity index (χ4n) is 4.03. The molecule has 10 heteroatoms. The van der Waals surface area contributed by atoms with Gasteiger partial charge >= 0.3 is 12.0 Å². The van der Waals surface area contributed by atoms with Gasteiger partial charge < -0.3 is 25.1 Å².